The van der Waals surface area contributed by atoms with Gasteiger partial charge in [-0.25, -0.2) is 0 Å². The number of halogens is 1. The first-order chi connectivity index (χ1) is 12.2. The number of benzene rings is 1. The molecular formula is C19H30ClN3O4. The van der Waals surface area contributed by atoms with Gasteiger partial charge >= 0.3 is 0 Å². The average molecular weight is 400 g/mol. The summed E-state index contributed by atoms with van der Waals surface area (Å²) in [4.78, 5) is 27.4. The van der Waals surface area contributed by atoms with Crippen LogP contribution < -0.4 is 20.1 Å². The molecule has 2 N–H and O–H groups in total. The van der Waals surface area contributed by atoms with E-state index in [9.17, 15) is 9.59 Å². The number of hydrogen-bond acceptors (Lipinski definition) is 5. The van der Waals surface area contributed by atoms with Crippen LogP contribution in [0.2, 0.25) is 0 Å². The van der Waals surface area contributed by atoms with Gasteiger partial charge in [0.1, 0.15) is 0 Å². The van der Waals surface area contributed by atoms with Crippen LogP contribution in [0.5, 0.6) is 11.5 Å². The molecule has 1 heterocycles. The molecule has 1 saturated heterocycles. The summed E-state index contributed by atoms with van der Waals surface area (Å²) in [6.45, 7) is 9.47. The molecule has 152 valence electrons. The van der Waals surface area contributed by atoms with E-state index in [2.05, 4.69) is 10.6 Å². The number of carbonyl (C=O) groups is 2. The molecular weight excluding hydrogens is 370 g/mol. The number of hydrogen-bond donors (Lipinski definition) is 2. The van der Waals surface area contributed by atoms with Crippen LogP contribution in [-0.4, -0.2) is 56.6 Å². The van der Waals surface area contributed by atoms with Crippen LogP contribution in [0.4, 0.5) is 5.69 Å². The highest BCUT2D eigenvalue weighted by atomic mass is 35.5. The van der Waals surface area contributed by atoms with Crippen LogP contribution in [0.25, 0.3) is 0 Å². The molecule has 2 amide bonds. The summed E-state index contributed by atoms with van der Waals surface area (Å²) < 4.78 is 10.7. The van der Waals surface area contributed by atoms with Gasteiger partial charge in [0.15, 0.2) is 11.5 Å². The summed E-state index contributed by atoms with van der Waals surface area (Å²) in [5.41, 5.74) is 0.241. The Hall–Kier alpha value is -1.99. The van der Waals surface area contributed by atoms with Crippen LogP contribution in [0.3, 0.4) is 0 Å². The minimum absolute atomic E-state index is 0. The number of carbonyl (C=O) groups excluding carboxylic acids is 2. The Morgan fingerprint density at radius 2 is 1.78 bits per heavy atom. The standard InChI is InChI=1S/C19H29N3O4.ClH/c1-12-11-22(8-7-20-12)17(23)13-9-15(25-5)16(26-6)10-14(13)21-18(24)19(2,3)4;/h9-10,12,20H,7-8,11H2,1-6H3,(H,21,24);1H. The zero-order chi connectivity index (χ0) is 19.5. The number of piperazine rings is 1. The molecule has 1 aromatic carbocycles. The Bertz CT molecular complexity index is 688. The van der Waals surface area contributed by atoms with Gasteiger partial charge < -0.3 is 25.0 Å². The van der Waals surface area contributed by atoms with E-state index in [1.54, 1.807) is 17.0 Å². The van der Waals surface area contributed by atoms with Gasteiger partial charge in [-0.15, -0.1) is 12.4 Å². The molecule has 1 unspecified atom stereocenters. The summed E-state index contributed by atoms with van der Waals surface area (Å²) >= 11 is 0. The van der Waals surface area contributed by atoms with Crippen molar-refractivity contribution in [3.8, 4) is 11.5 Å². The predicted molar refractivity (Wildman–Crippen MR) is 108 cm³/mol. The molecule has 2 rings (SSSR count). The van der Waals surface area contributed by atoms with Gasteiger partial charge in [0.05, 0.1) is 25.5 Å². The fraction of sp³-hybridized carbons (Fsp3) is 0.579. The first-order valence-electron chi connectivity index (χ1n) is 8.77. The summed E-state index contributed by atoms with van der Waals surface area (Å²) in [6.07, 6.45) is 0. The predicted octanol–water partition coefficient (Wildman–Crippen LogP) is 2.54. The Morgan fingerprint density at radius 3 is 2.30 bits per heavy atom. The van der Waals surface area contributed by atoms with Gasteiger partial charge in [0.2, 0.25) is 5.91 Å². The molecule has 1 aliphatic heterocycles. The van der Waals surface area contributed by atoms with Crippen LogP contribution in [0, 0.1) is 5.41 Å². The molecule has 7 nitrogen and oxygen atoms in total. The smallest absolute Gasteiger partial charge is 0.256 e. The van der Waals surface area contributed by atoms with E-state index in [-0.39, 0.29) is 30.3 Å². The lowest BCUT2D eigenvalue weighted by molar-refractivity contribution is -0.123. The van der Waals surface area contributed by atoms with E-state index in [0.717, 1.165) is 6.54 Å². The van der Waals surface area contributed by atoms with E-state index in [1.165, 1.54) is 14.2 Å². The molecule has 1 atom stereocenters. The zero-order valence-electron chi connectivity index (χ0n) is 16.8. The second kappa shape index (κ2) is 9.28. The normalized spacial score (nSPS) is 17.0. The highest BCUT2D eigenvalue weighted by molar-refractivity contribution is 6.05. The number of methoxy groups -OCH3 is 2. The minimum Gasteiger partial charge on any atom is -0.493 e. The largest absolute Gasteiger partial charge is 0.493 e. The molecule has 0 saturated carbocycles. The highest BCUT2D eigenvalue weighted by Gasteiger charge is 2.28. The lowest BCUT2D eigenvalue weighted by Gasteiger charge is -2.32. The fourth-order valence-electron chi connectivity index (χ4n) is 2.76. The average Bonchev–Trinajstić information content (AvgIpc) is 2.59. The molecule has 1 aliphatic rings. The van der Waals surface area contributed by atoms with Gasteiger partial charge in [0, 0.05) is 37.2 Å². The van der Waals surface area contributed by atoms with E-state index in [1.807, 2.05) is 27.7 Å². The lowest BCUT2D eigenvalue weighted by atomic mass is 9.95. The molecule has 0 aliphatic carbocycles. The van der Waals surface area contributed by atoms with Crippen molar-refractivity contribution >= 4 is 29.9 Å². The lowest BCUT2D eigenvalue weighted by Crippen LogP contribution is -2.51. The van der Waals surface area contributed by atoms with Crippen LogP contribution >= 0.6 is 12.4 Å². The van der Waals surface area contributed by atoms with Crippen molar-refractivity contribution in [2.75, 3.05) is 39.2 Å². The maximum Gasteiger partial charge on any atom is 0.256 e. The first kappa shape index (κ1) is 23.0. The Balaban J connectivity index is 0.00000364. The maximum absolute atomic E-state index is 13.1. The van der Waals surface area contributed by atoms with Gasteiger partial charge in [-0.2, -0.15) is 0 Å². The van der Waals surface area contributed by atoms with Crippen molar-refractivity contribution < 1.29 is 19.1 Å². The fourth-order valence-corrected chi connectivity index (χ4v) is 2.76. The van der Waals surface area contributed by atoms with Gasteiger partial charge in [0.25, 0.3) is 5.91 Å². The maximum atomic E-state index is 13.1. The summed E-state index contributed by atoms with van der Waals surface area (Å²) in [5.74, 6) is 0.602. The molecule has 8 heteroatoms. The van der Waals surface area contributed by atoms with Crippen molar-refractivity contribution in [1.29, 1.82) is 0 Å². The number of nitrogens with zero attached hydrogens (tertiary/aromatic N) is 1. The van der Waals surface area contributed by atoms with Gasteiger partial charge in [-0.3, -0.25) is 9.59 Å². The number of rotatable bonds is 4. The van der Waals surface area contributed by atoms with Crippen molar-refractivity contribution in [3.63, 3.8) is 0 Å². The first-order valence-corrected chi connectivity index (χ1v) is 8.77. The second-order valence-electron chi connectivity index (χ2n) is 7.56. The quantitative estimate of drug-likeness (QED) is 0.813. The summed E-state index contributed by atoms with van der Waals surface area (Å²) in [7, 11) is 3.04. The monoisotopic (exact) mass is 399 g/mol. The Labute approximate surface area is 167 Å². The number of nitrogens with one attached hydrogen (secondary N) is 2. The van der Waals surface area contributed by atoms with Crippen molar-refractivity contribution in [2.24, 2.45) is 5.41 Å². The zero-order valence-corrected chi connectivity index (χ0v) is 17.7. The molecule has 0 spiro atoms. The third-order valence-electron chi connectivity index (χ3n) is 4.34. The third kappa shape index (κ3) is 5.49. The minimum atomic E-state index is -0.586. The van der Waals surface area contributed by atoms with E-state index in [4.69, 9.17) is 9.47 Å². The second-order valence-corrected chi connectivity index (χ2v) is 7.56. The van der Waals surface area contributed by atoms with Crippen molar-refractivity contribution in [1.82, 2.24) is 10.2 Å². The van der Waals surface area contributed by atoms with Crippen molar-refractivity contribution in [2.45, 2.75) is 33.7 Å². The number of anilines is 1. The van der Waals surface area contributed by atoms with E-state index >= 15 is 0 Å². The highest BCUT2D eigenvalue weighted by Crippen LogP contribution is 2.35. The van der Waals surface area contributed by atoms with Crippen LogP contribution in [0.1, 0.15) is 38.1 Å². The van der Waals surface area contributed by atoms with E-state index < -0.39 is 5.41 Å². The number of ether oxygens (including phenoxy) is 2. The molecule has 0 bridgehead atoms. The SMILES string of the molecule is COc1cc(NC(=O)C(C)(C)C)c(C(=O)N2CCNC(C)C2)cc1OC.Cl. The number of amides is 2. The van der Waals surface area contributed by atoms with E-state index in [0.29, 0.717) is 35.8 Å². The molecule has 1 fully saturated rings. The Kier molecular flexibility index (Phi) is 7.92. The van der Waals surface area contributed by atoms with Crippen LogP contribution in [0.15, 0.2) is 12.1 Å². The third-order valence-corrected chi connectivity index (χ3v) is 4.34. The van der Waals surface area contributed by atoms with Gasteiger partial charge in [-0.05, 0) is 13.0 Å². The molecule has 27 heavy (non-hydrogen) atoms. The topological polar surface area (TPSA) is 79.9 Å². The summed E-state index contributed by atoms with van der Waals surface area (Å²) in [6, 6.07) is 3.49. The Morgan fingerprint density at radius 1 is 1.19 bits per heavy atom. The molecule has 0 aromatic heterocycles. The summed E-state index contributed by atoms with van der Waals surface area (Å²) in [5, 5.41) is 6.19. The molecule has 0 radical (unpaired) electrons. The van der Waals surface area contributed by atoms with Gasteiger partial charge in [-0.1, -0.05) is 20.8 Å². The van der Waals surface area contributed by atoms with Crippen LogP contribution in [-0.2, 0) is 4.79 Å². The molecule has 1 aromatic rings. The van der Waals surface area contributed by atoms with Crippen molar-refractivity contribution in [3.05, 3.63) is 17.7 Å².